The molecule has 0 aliphatic carbocycles. The van der Waals surface area contributed by atoms with Crippen LogP contribution in [0.2, 0.25) is 0 Å². The summed E-state index contributed by atoms with van der Waals surface area (Å²) < 4.78 is 41.9. The summed E-state index contributed by atoms with van der Waals surface area (Å²) in [5.41, 5.74) is 6.57. The highest BCUT2D eigenvalue weighted by Crippen LogP contribution is 2.34. The monoisotopic (exact) mass is 404 g/mol. The van der Waals surface area contributed by atoms with Gasteiger partial charge in [-0.1, -0.05) is 6.07 Å². The highest BCUT2D eigenvalue weighted by molar-refractivity contribution is 5.94. The lowest BCUT2D eigenvalue weighted by Crippen LogP contribution is -2.15. The van der Waals surface area contributed by atoms with Gasteiger partial charge in [-0.2, -0.15) is 18.2 Å². The number of carbonyl (C=O) groups excluding carboxylic acids is 1. The van der Waals surface area contributed by atoms with Gasteiger partial charge in [0.1, 0.15) is 11.4 Å². The molecule has 0 fully saturated rings. The molecule has 0 aliphatic heterocycles. The second kappa shape index (κ2) is 7.82. The molecule has 0 unspecified atom stereocenters. The van der Waals surface area contributed by atoms with Crippen LogP contribution in [0.15, 0.2) is 42.7 Å². The molecule has 0 bridgehead atoms. The van der Waals surface area contributed by atoms with Crippen LogP contribution in [0, 0.1) is 6.92 Å². The summed E-state index contributed by atoms with van der Waals surface area (Å²) >= 11 is 0. The van der Waals surface area contributed by atoms with Crippen molar-refractivity contribution in [3.8, 4) is 0 Å². The van der Waals surface area contributed by atoms with Gasteiger partial charge in [-0.3, -0.25) is 4.79 Å². The summed E-state index contributed by atoms with van der Waals surface area (Å²) in [7, 11) is 1.79. The number of nitrogens with one attached hydrogen (secondary N) is 2. The van der Waals surface area contributed by atoms with Gasteiger partial charge in [0.25, 0.3) is 0 Å². The van der Waals surface area contributed by atoms with E-state index in [-0.39, 0.29) is 23.9 Å². The lowest BCUT2D eigenvalue weighted by molar-refractivity contribution is -0.137. The quantitative estimate of drug-likeness (QED) is 0.583. The van der Waals surface area contributed by atoms with Crippen LogP contribution in [0.25, 0.3) is 0 Å². The molecule has 0 saturated heterocycles. The largest absolute Gasteiger partial charge is 0.421 e. The Morgan fingerprint density at radius 3 is 2.66 bits per heavy atom. The van der Waals surface area contributed by atoms with Gasteiger partial charge in [0.05, 0.1) is 6.54 Å². The Hall–Kier alpha value is -3.56. The predicted molar refractivity (Wildman–Crippen MR) is 103 cm³/mol. The number of aryl methyl sites for hydroxylation is 2. The molecule has 4 N–H and O–H groups in total. The summed E-state index contributed by atoms with van der Waals surface area (Å²) in [6, 6.07) is 8.31. The van der Waals surface area contributed by atoms with Gasteiger partial charge in [0.15, 0.2) is 0 Å². The molecular weight excluding hydrogens is 385 g/mol. The zero-order valence-corrected chi connectivity index (χ0v) is 15.7. The van der Waals surface area contributed by atoms with E-state index >= 15 is 0 Å². The fourth-order valence-corrected chi connectivity index (χ4v) is 2.67. The molecule has 0 atom stereocenters. The number of amides is 1. The Morgan fingerprint density at radius 2 is 2.03 bits per heavy atom. The number of alkyl halides is 3. The Labute approximate surface area is 164 Å². The Bertz CT molecular complexity index is 1040. The van der Waals surface area contributed by atoms with E-state index in [1.54, 1.807) is 49.0 Å². The number of anilines is 3. The lowest BCUT2D eigenvalue weighted by atomic mass is 10.1. The maximum atomic E-state index is 13.4. The maximum Gasteiger partial charge on any atom is 0.421 e. The van der Waals surface area contributed by atoms with Crippen molar-refractivity contribution >= 4 is 23.4 Å². The summed E-state index contributed by atoms with van der Waals surface area (Å²) in [5.74, 6) is -1.01. The number of halogens is 3. The van der Waals surface area contributed by atoms with Crippen LogP contribution in [0.4, 0.5) is 30.6 Å². The van der Waals surface area contributed by atoms with Crippen LogP contribution in [0.3, 0.4) is 0 Å². The SMILES string of the molecule is Cc1ccc(C(N)=O)cc1Nc1ncc(C(F)(F)F)c(NCc2cccn2C)n1. The lowest BCUT2D eigenvalue weighted by Gasteiger charge is -2.16. The van der Waals surface area contributed by atoms with Gasteiger partial charge < -0.3 is 20.9 Å². The van der Waals surface area contributed by atoms with Crippen molar-refractivity contribution in [1.82, 2.24) is 14.5 Å². The molecule has 3 aromatic rings. The summed E-state index contributed by atoms with van der Waals surface area (Å²) in [5, 5.41) is 5.58. The minimum absolute atomic E-state index is 0.0444. The van der Waals surface area contributed by atoms with Crippen molar-refractivity contribution in [1.29, 1.82) is 0 Å². The highest BCUT2D eigenvalue weighted by atomic mass is 19.4. The maximum absolute atomic E-state index is 13.4. The van der Waals surface area contributed by atoms with E-state index in [1.807, 2.05) is 0 Å². The Morgan fingerprint density at radius 1 is 1.28 bits per heavy atom. The number of rotatable bonds is 6. The molecule has 2 aromatic heterocycles. The summed E-state index contributed by atoms with van der Waals surface area (Å²) in [6.07, 6.45) is -2.10. The van der Waals surface area contributed by atoms with Crippen LogP contribution < -0.4 is 16.4 Å². The van der Waals surface area contributed by atoms with E-state index in [0.717, 1.165) is 17.5 Å². The minimum atomic E-state index is -4.61. The average molecular weight is 404 g/mol. The molecule has 0 aliphatic rings. The van der Waals surface area contributed by atoms with E-state index in [1.165, 1.54) is 6.07 Å². The average Bonchev–Trinajstić information content (AvgIpc) is 3.05. The number of nitrogens with zero attached hydrogens (tertiary/aromatic N) is 3. The van der Waals surface area contributed by atoms with Gasteiger partial charge in [-0.25, -0.2) is 4.98 Å². The second-order valence-electron chi connectivity index (χ2n) is 6.44. The molecule has 2 heterocycles. The van der Waals surface area contributed by atoms with Crippen molar-refractivity contribution < 1.29 is 18.0 Å². The van der Waals surface area contributed by atoms with Gasteiger partial charge in [0, 0.05) is 36.4 Å². The third-order valence-corrected chi connectivity index (χ3v) is 4.35. The van der Waals surface area contributed by atoms with Crippen LogP contribution in [-0.2, 0) is 19.8 Å². The predicted octanol–water partition coefficient (Wildman–Crippen LogP) is 3.60. The first-order valence-electron chi connectivity index (χ1n) is 8.61. The zero-order chi connectivity index (χ0) is 21.2. The molecule has 0 saturated carbocycles. The van der Waals surface area contributed by atoms with Crippen molar-refractivity contribution in [2.75, 3.05) is 10.6 Å². The Balaban J connectivity index is 1.91. The number of benzene rings is 1. The first-order valence-corrected chi connectivity index (χ1v) is 8.61. The van der Waals surface area contributed by atoms with Gasteiger partial charge >= 0.3 is 6.18 Å². The standard InChI is InChI=1S/C19H19F3N6O/c1-11-5-6-12(16(23)29)8-15(11)26-18-25-10-14(19(20,21)22)17(27-18)24-9-13-4-3-7-28(13)2/h3-8,10H,9H2,1-2H3,(H2,23,29)(H2,24,25,26,27). The van der Waals surface area contributed by atoms with Crippen molar-refractivity contribution in [3.05, 3.63) is 65.1 Å². The molecule has 0 radical (unpaired) electrons. The fourth-order valence-electron chi connectivity index (χ4n) is 2.67. The molecule has 0 spiro atoms. The highest BCUT2D eigenvalue weighted by Gasteiger charge is 2.35. The first-order chi connectivity index (χ1) is 13.6. The van der Waals surface area contributed by atoms with E-state index in [0.29, 0.717) is 5.69 Å². The van der Waals surface area contributed by atoms with Crippen LogP contribution >= 0.6 is 0 Å². The van der Waals surface area contributed by atoms with E-state index < -0.39 is 17.6 Å². The molecule has 3 rings (SSSR count). The Kier molecular flexibility index (Phi) is 5.44. The third kappa shape index (κ3) is 4.65. The molecule has 1 aromatic carbocycles. The molecule has 1 amide bonds. The molecule has 10 heteroatoms. The summed E-state index contributed by atoms with van der Waals surface area (Å²) in [4.78, 5) is 19.2. The zero-order valence-electron chi connectivity index (χ0n) is 15.7. The molecule has 7 nitrogen and oxygen atoms in total. The minimum Gasteiger partial charge on any atom is -0.366 e. The topological polar surface area (TPSA) is 97.9 Å². The van der Waals surface area contributed by atoms with Crippen molar-refractivity contribution in [2.45, 2.75) is 19.6 Å². The van der Waals surface area contributed by atoms with Crippen LogP contribution in [-0.4, -0.2) is 20.4 Å². The van der Waals surface area contributed by atoms with Crippen LogP contribution in [0.5, 0.6) is 0 Å². The van der Waals surface area contributed by atoms with Gasteiger partial charge in [-0.15, -0.1) is 0 Å². The smallest absolute Gasteiger partial charge is 0.366 e. The van der Waals surface area contributed by atoms with E-state index in [2.05, 4.69) is 20.6 Å². The normalized spacial score (nSPS) is 11.3. The van der Waals surface area contributed by atoms with E-state index in [4.69, 9.17) is 5.73 Å². The van der Waals surface area contributed by atoms with Crippen LogP contribution in [0.1, 0.15) is 27.2 Å². The van der Waals surface area contributed by atoms with Gasteiger partial charge in [-0.05, 0) is 36.8 Å². The molecule has 152 valence electrons. The number of hydrogen-bond acceptors (Lipinski definition) is 5. The number of primary amides is 1. The first kappa shape index (κ1) is 20.2. The molecule has 29 heavy (non-hydrogen) atoms. The van der Waals surface area contributed by atoms with Gasteiger partial charge in [0.2, 0.25) is 11.9 Å². The number of aromatic nitrogens is 3. The fraction of sp³-hybridized carbons (Fsp3) is 0.211. The van der Waals surface area contributed by atoms with Crippen molar-refractivity contribution in [2.24, 2.45) is 12.8 Å². The third-order valence-electron chi connectivity index (χ3n) is 4.35. The summed E-state index contributed by atoms with van der Waals surface area (Å²) in [6.45, 7) is 1.92. The number of nitrogens with two attached hydrogens (primary N) is 1. The number of hydrogen-bond donors (Lipinski definition) is 3. The van der Waals surface area contributed by atoms with E-state index in [9.17, 15) is 18.0 Å². The second-order valence-corrected chi connectivity index (χ2v) is 6.44. The number of carbonyl (C=O) groups is 1. The van der Waals surface area contributed by atoms with Crippen molar-refractivity contribution in [3.63, 3.8) is 0 Å². The molecular formula is C19H19F3N6O.